The molecule has 1 fully saturated rings. The van der Waals surface area contributed by atoms with Crippen molar-refractivity contribution in [1.29, 1.82) is 0 Å². The number of aryl methyl sites for hydroxylation is 1. The molecular formula is C32H26F7N3O5S. The fourth-order valence-electron chi connectivity index (χ4n) is 4.88. The number of sulfone groups is 1. The van der Waals surface area contributed by atoms with Crippen LogP contribution in [0.3, 0.4) is 0 Å². The SMILES string of the molecule is Cc1nc(-c2cc(-c3cc(F)c(CO)c(S(C)(=O)=O)c3)ccc2N=C(C=C(N)C(F)(F)F)C2CC2)c(-c2ccc(OC(F)(F)F)cc2)o1. The molecule has 0 unspecified atom stereocenters. The summed E-state index contributed by atoms with van der Waals surface area (Å²) in [7, 11) is -4.01. The molecule has 8 nitrogen and oxygen atoms in total. The Labute approximate surface area is 269 Å². The first-order valence-electron chi connectivity index (χ1n) is 14.1. The number of aromatic nitrogens is 1. The van der Waals surface area contributed by atoms with E-state index < -0.39 is 56.7 Å². The van der Waals surface area contributed by atoms with Crippen molar-refractivity contribution in [3.05, 3.63) is 83.6 Å². The molecule has 0 atom stereocenters. The van der Waals surface area contributed by atoms with Crippen LogP contribution in [0.5, 0.6) is 5.75 Å². The zero-order valence-electron chi connectivity index (χ0n) is 25.1. The number of ether oxygens (including phenoxy) is 1. The normalized spacial score (nSPS) is 14.8. The molecular weight excluding hydrogens is 671 g/mol. The van der Waals surface area contributed by atoms with Crippen molar-refractivity contribution in [3.63, 3.8) is 0 Å². The molecule has 1 aromatic heterocycles. The van der Waals surface area contributed by atoms with Gasteiger partial charge >= 0.3 is 12.5 Å². The van der Waals surface area contributed by atoms with Gasteiger partial charge in [0.1, 0.15) is 23.0 Å². The highest BCUT2D eigenvalue weighted by molar-refractivity contribution is 7.90. The molecule has 3 N–H and O–H groups in total. The van der Waals surface area contributed by atoms with Gasteiger partial charge in [0.2, 0.25) is 0 Å². The van der Waals surface area contributed by atoms with Gasteiger partial charge in [0, 0.05) is 41.5 Å². The fourth-order valence-corrected chi connectivity index (χ4v) is 5.83. The number of oxazole rings is 1. The van der Waals surface area contributed by atoms with Crippen molar-refractivity contribution in [2.75, 3.05) is 6.26 Å². The molecule has 3 aromatic carbocycles. The average molecular weight is 698 g/mol. The maximum Gasteiger partial charge on any atom is 0.573 e. The number of nitrogens with two attached hydrogens (primary N) is 1. The first-order valence-corrected chi connectivity index (χ1v) is 16.0. The maximum absolute atomic E-state index is 15.1. The van der Waals surface area contributed by atoms with Crippen LogP contribution in [0.2, 0.25) is 0 Å². The van der Waals surface area contributed by atoms with E-state index in [1.165, 1.54) is 43.3 Å². The van der Waals surface area contributed by atoms with E-state index in [0.717, 1.165) is 30.5 Å². The summed E-state index contributed by atoms with van der Waals surface area (Å²) in [5.74, 6) is -1.67. The Morgan fingerprint density at radius 1 is 1.04 bits per heavy atom. The molecule has 5 rings (SSSR count). The molecule has 0 saturated heterocycles. The molecule has 1 heterocycles. The Bertz CT molecular complexity index is 2030. The largest absolute Gasteiger partial charge is 0.573 e. The molecule has 1 aliphatic rings. The van der Waals surface area contributed by atoms with Crippen LogP contribution in [-0.4, -0.2) is 43.0 Å². The summed E-state index contributed by atoms with van der Waals surface area (Å²) in [5.41, 5.74) is 4.42. The van der Waals surface area contributed by atoms with Crippen molar-refractivity contribution in [2.45, 2.75) is 43.8 Å². The standard InChI is InChI=1S/C32H26F7N3O5S/c1-16-41-29(30(46-16)18-5-8-21(9-6-18)47-32(37,38)39)22-11-19(20-12-24(33)23(15-43)27(13-20)48(2,44)45)7-10-25(22)42-26(17-3-4-17)14-28(40)31(34,35)36/h5-14,17,43H,3-4,15,40H2,1-2H3. The molecule has 254 valence electrons. The number of halogens is 7. The van der Waals surface area contributed by atoms with Crippen molar-refractivity contribution in [1.82, 2.24) is 4.98 Å². The Morgan fingerprint density at radius 2 is 1.69 bits per heavy atom. The van der Waals surface area contributed by atoms with E-state index in [0.29, 0.717) is 12.8 Å². The van der Waals surface area contributed by atoms with Crippen molar-refractivity contribution in [3.8, 4) is 39.5 Å². The van der Waals surface area contributed by atoms with E-state index in [9.17, 15) is 39.9 Å². The molecule has 0 radical (unpaired) electrons. The number of alkyl halides is 6. The number of rotatable bonds is 9. The zero-order chi connectivity index (χ0) is 35.2. The first kappa shape index (κ1) is 34.6. The number of hydrogen-bond donors (Lipinski definition) is 2. The third-order valence-electron chi connectivity index (χ3n) is 7.26. The lowest BCUT2D eigenvalue weighted by Crippen LogP contribution is -2.21. The first-order chi connectivity index (χ1) is 22.3. The Morgan fingerprint density at radius 3 is 2.25 bits per heavy atom. The number of benzene rings is 3. The number of aliphatic hydroxyl groups excluding tert-OH is 1. The lowest BCUT2D eigenvalue weighted by molar-refractivity contribution is -0.274. The predicted octanol–water partition coefficient (Wildman–Crippen LogP) is 7.80. The van der Waals surface area contributed by atoms with Crippen LogP contribution < -0.4 is 10.5 Å². The number of allylic oxidation sites excluding steroid dienone is 2. The van der Waals surface area contributed by atoms with E-state index in [2.05, 4.69) is 14.7 Å². The Balaban J connectivity index is 1.73. The summed E-state index contributed by atoms with van der Waals surface area (Å²) in [6, 6.07) is 11.1. The predicted molar refractivity (Wildman–Crippen MR) is 161 cm³/mol. The highest BCUT2D eigenvalue weighted by Gasteiger charge is 2.35. The van der Waals surface area contributed by atoms with E-state index >= 15 is 4.39 Å². The second kappa shape index (κ2) is 12.7. The molecule has 1 saturated carbocycles. The minimum Gasteiger partial charge on any atom is -0.440 e. The molecule has 0 amide bonds. The van der Waals surface area contributed by atoms with Gasteiger partial charge in [0.25, 0.3) is 0 Å². The average Bonchev–Trinajstić information content (AvgIpc) is 3.76. The van der Waals surface area contributed by atoms with E-state index in [4.69, 9.17) is 10.2 Å². The van der Waals surface area contributed by atoms with Gasteiger partial charge in [-0.1, -0.05) is 6.07 Å². The highest BCUT2D eigenvalue weighted by Crippen LogP contribution is 2.43. The van der Waals surface area contributed by atoms with Crippen LogP contribution in [-0.2, 0) is 16.4 Å². The van der Waals surface area contributed by atoms with Crippen LogP contribution in [0.4, 0.5) is 36.4 Å². The van der Waals surface area contributed by atoms with Gasteiger partial charge in [-0.25, -0.2) is 17.8 Å². The van der Waals surface area contributed by atoms with Gasteiger partial charge in [-0.05, 0) is 78.6 Å². The zero-order valence-corrected chi connectivity index (χ0v) is 25.9. The van der Waals surface area contributed by atoms with Crippen LogP contribution >= 0.6 is 0 Å². The topological polar surface area (TPSA) is 128 Å². The molecule has 16 heteroatoms. The van der Waals surface area contributed by atoms with Crippen LogP contribution in [0.25, 0.3) is 33.7 Å². The Hall–Kier alpha value is -4.70. The van der Waals surface area contributed by atoms with Gasteiger partial charge < -0.3 is 20.0 Å². The van der Waals surface area contributed by atoms with Gasteiger partial charge in [-0.3, -0.25) is 4.99 Å². The molecule has 4 aromatic rings. The third-order valence-corrected chi connectivity index (χ3v) is 8.42. The molecule has 0 bridgehead atoms. The lowest BCUT2D eigenvalue weighted by Gasteiger charge is -2.14. The van der Waals surface area contributed by atoms with Gasteiger partial charge in [0.15, 0.2) is 21.5 Å². The number of hydrogen-bond acceptors (Lipinski definition) is 8. The summed E-state index contributed by atoms with van der Waals surface area (Å²) in [5, 5.41) is 9.63. The van der Waals surface area contributed by atoms with Crippen LogP contribution in [0, 0.1) is 18.7 Å². The highest BCUT2D eigenvalue weighted by atomic mass is 32.2. The monoisotopic (exact) mass is 697 g/mol. The minimum atomic E-state index is -4.93. The number of aliphatic imine (C=N–C) groups is 1. The smallest absolute Gasteiger partial charge is 0.440 e. The Kier molecular flexibility index (Phi) is 9.18. The minimum absolute atomic E-state index is 0.0342. The van der Waals surface area contributed by atoms with Crippen molar-refractivity contribution < 1.29 is 53.4 Å². The molecule has 1 aliphatic carbocycles. The van der Waals surface area contributed by atoms with Crippen LogP contribution in [0.15, 0.2) is 80.7 Å². The molecule has 0 spiro atoms. The second-order valence-electron chi connectivity index (χ2n) is 11.0. The number of nitrogens with zero attached hydrogens (tertiary/aromatic N) is 2. The summed E-state index contributed by atoms with van der Waals surface area (Å²) in [6.45, 7) is 0.602. The van der Waals surface area contributed by atoms with Gasteiger partial charge in [-0.2, -0.15) is 13.2 Å². The maximum atomic E-state index is 15.1. The summed E-state index contributed by atoms with van der Waals surface area (Å²) < 4.78 is 128. The summed E-state index contributed by atoms with van der Waals surface area (Å²) in [6.07, 6.45) is -7.05. The van der Waals surface area contributed by atoms with E-state index in [-0.39, 0.29) is 56.9 Å². The lowest BCUT2D eigenvalue weighted by atomic mass is 9.97. The molecule has 0 aliphatic heterocycles. The van der Waals surface area contributed by atoms with E-state index in [1.54, 1.807) is 0 Å². The van der Waals surface area contributed by atoms with E-state index in [1.807, 2.05) is 0 Å². The second-order valence-corrected chi connectivity index (χ2v) is 13.0. The fraction of sp³-hybridized carbons (Fsp3) is 0.250. The third kappa shape index (κ3) is 7.87. The van der Waals surface area contributed by atoms with Crippen molar-refractivity contribution >= 4 is 21.2 Å². The van der Waals surface area contributed by atoms with Crippen LogP contribution in [0.1, 0.15) is 24.3 Å². The summed E-state index contributed by atoms with van der Waals surface area (Å²) in [4.78, 5) is 8.50. The quantitative estimate of drug-likeness (QED) is 0.135. The van der Waals surface area contributed by atoms with Gasteiger partial charge in [-0.15, -0.1) is 13.2 Å². The number of aliphatic hydroxyl groups is 1. The summed E-state index contributed by atoms with van der Waals surface area (Å²) >= 11 is 0. The molecule has 48 heavy (non-hydrogen) atoms. The van der Waals surface area contributed by atoms with Gasteiger partial charge in [0.05, 0.1) is 17.2 Å². The van der Waals surface area contributed by atoms with Crippen molar-refractivity contribution in [2.24, 2.45) is 16.6 Å².